The molecule has 3 unspecified atom stereocenters. The predicted octanol–water partition coefficient (Wildman–Crippen LogP) is 3.34. The lowest BCUT2D eigenvalue weighted by Crippen LogP contribution is -2.41. The van der Waals surface area contributed by atoms with E-state index in [4.69, 9.17) is 4.42 Å². The number of furan rings is 1. The number of aliphatic hydroxyl groups excluding tert-OH is 1. The van der Waals surface area contributed by atoms with Crippen LogP contribution < -0.4 is 0 Å². The van der Waals surface area contributed by atoms with E-state index in [0.29, 0.717) is 18.0 Å². The molecule has 4 rings (SSSR count). The van der Waals surface area contributed by atoms with Gasteiger partial charge in [0.1, 0.15) is 17.4 Å². The molecule has 2 aliphatic heterocycles. The third-order valence-electron chi connectivity index (χ3n) is 5.32. The highest BCUT2D eigenvalue weighted by Crippen LogP contribution is 2.43. The molecule has 0 spiro atoms. The Morgan fingerprint density at radius 2 is 1.90 bits per heavy atom. The SMILES string of the molecule is CN1C2CCC1CC(C(O)c1cc3ccccc3o1)C2. The smallest absolute Gasteiger partial charge is 0.134 e. The Kier molecular flexibility index (Phi) is 2.86. The van der Waals surface area contributed by atoms with Crippen molar-refractivity contribution in [3.8, 4) is 0 Å². The maximum Gasteiger partial charge on any atom is 0.134 e. The number of para-hydroxylation sites is 1. The molecule has 2 saturated heterocycles. The van der Waals surface area contributed by atoms with Crippen molar-refractivity contribution in [3.05, 3.63) is 36.1 Å². The highest BCUT2D eigenvalue weighted by molar-refractivity contribution is 5.77. The molecule has 2 aliphatic rings. The summed E-state index contributed by atoms with van der Waals surface area (Å²) in [4.78, 5) is 2.50. The van der Waals surface area contributed by atoms with E-state index in [1.165, 1.54) is 12.8 Å². The van der Waals surface area contributed by atoms with Crippen LogP contribution in [0.3, 0.4) is 0 Å². The Labute approximate surface area is 119 Å². The fraction of sp³-hybridized carbons (Fsp3) is 0.529. The van der Waals surface area contributed by atoms with Crippen LogP contribution in [0.2, 0.25) is 0 Å². The number of piperidine rings is 1. The first-order valence-corrected chi connectivity index (χ1v) is 7.61. The normalized spacial score (nSPS) is 31.8. The minimum Gasteiger partial charge on any atom is -0.458 e. The maximum absolute atomic E-state index is 10.7. The topological polar surface area (TPSA) is 36.6 Å². The van der Waals surface area contributed by atoms with E-state index in [0.717, 1.165) is 29.6 Å². The summed E-state index contributed by atoms with van der Waals surface area (Å²) in [5.41, 5.74) is 0.873. The van der Waals surface area contributed by atoms with Gasteiger partial charge in [-0.2, -0.15) is 0 Å². The number of fused-ring (bicyclic) bond motifs is 3. The molecule has 2 bridgehead atoms. The van der Waals surface area contributed by atoms with E-state index in [1.54, 1.807) is 0 Å². The van der Waals surface area contributed by atoms with Crippen molar-refractivity contribution >= 4 is 11.0 Å². The van der Waals surface area contributed by atoms with Gasteiger partial charge in [0.05, 0.1) is 0 Å². The second kappa shape index (κ2) is 4.61. The Morgan fingerprint density at radius 3 is 2.60 bits per heavy atom. The Morgan fingerprint density at radius 1 is 1.20 bits per heavy atom. The van der Waals surface area contributed by atoms with Crippen molar-refractivity contribution < 1.29 is 9.52 Å². The molecule has 0 saturated carbocycles. The summed E-state index contributed by atoms with van der Waals surface area (Å²) in [5, 5.41) is 11.8. The molecule has 2 fully saturated rings. The van der Waals surface area contributed by atoms with Crippen LogP contribution in [-0.2, 0) is 0 Å². The van der Waals surface area contributed by atoms with Crippen molar-refractivity contribution in [3.63, 3.8) is 0 Å². The fourth-order valence-corrected chi connectivity index (χ4v) is 4.09. The summed E-state index contributed by atoms with van der Waals surface area (Å²) >= 11 is 0. The molecule has 3 heterocycles. The number of rotatable bonds is 2. The van der Waals surface area contributed by atoms with Gasteiger partial charge >= 0.3 is 0 Å². The van der Waals surface area contributed by atoms with Gasteiger partial charge < -0.3 is 14.4 Å². The van der Waals surface area contributed by atoms with Crippen molar-refractivity contribution in [2.24, 2.45) is 5.92 Å². The number of nitrogens with zero attached hydrogens (tertiary/aromatic N) is 1. The van der Waals surface area contributed by atoms with Crippen molar-refractivity contribution in [2.75, 3.05) is 7.05 Å². The van der Waals surface area contributed by atoms with Crippen LogP contribution >= 0.6 is 0 Å². The van der Waals surface area contributed by atoms with Gasteiger partial charge in [-0.3, -0.25) is 0 Å². The summed E-state index contributed by atoms with van der Waals surface area (Å²) in [6.07, 6.45) is 4.28. The molecule has 2 aromatic rings. The van der Waals surface area contributed by atoms with E-state index in [-0.39, 0.29) is 0 Å². The van der Waals surface area contributed by atoms with Crippen molar-refractivity contribution in [1.82, 2.24) is 4.90 Å². The first kappa shape index (κ1) is 12.4. The molecule has 1 aromatic carbocycles. The first-order valence-electron chi connectivity index (χ1n) is 7.61. The van der Waals surface area contributed by atoms with Crippen LogP contribution in [-0.4, -0.2) is 29.1 Å². The summed E-state index contributed by atoms with van der Waals surface area (Å²) in [7, 11) is 2.23. The minimum absolute atomic E-state index is 0.337. The van der Waals surface area contributed by atoms with Crippen LogP contribution in [0, 0.1) is 5.92 Å². The van der Waals surface area contributed by atoms with Gasteiger partial charge in [-0.1, -0.05) is 18.2 Å². The van der Waals surface area contributed by atoms with E-state index in [1.807, 2.05) is 30.3 Å². The number of hydrogen-bond donors (Lipinski definition) is 1. The molecular weight excluding hydrogens is 250 g/mol. The van der Waals surface area contributed by atoms with Crippen LogP contribution in [0.4, 0.5) is 0 Å². The van der Waals surface area contributed by atoms with E-state index >= 15 is 0 Å². The molecule has 3 nitrogen and oxygen atoms in total. The number of hydrogen-bond acceptors (Lipinski definition) is 3. The van der Waals surface area contributed by atoms with Crippen LogP contribution in [0.25, 0.3) is 11.0 Å². The summed E-state index contributed by atoms with van der Waals surface area (Å²) in [6, 6.07) is 11.3. The lowest BCUT2D eigenvalue weighted by molar-refractivity contribution is 0.0244. The molecule has 3 atom stereocenters. The van der Waals surface area contributed by atoms with Gasteiger partial charge in [0.2, 0.25) is 0 Å². The lowest BCUT2D eigenvalue weighted by Gasteiger charge is -2.37. The summed E-state index contributed by atoms with van der Waals surface area (Å²) in [6.45, 7) is 0. The molecule has 0 aliphatic carbocycles. The molecule has 1 N–H and O–H groups in total. The van der Waals surface area contributed by atoms with Gasteiger partial charge in [-0.05, 0) is 50.8 Å². The van der Waals surface area contributed by atoms with Crippen molar-refractivity contribution in [2.45, 2.75) is 43.9 Å². The van der Waals surface area contributed by atoms with Crippen LogP contribution in [0.1, 0.15) is 37.5 Å². The van der Waals surface area contributed by atoms with Gasteiger partial charge in [-0.15, -0.1) is 0 Å². The van der Waals surface area contributed by atoms with E-state index in [9.17, 15) is 5.11 Å². The van der Waals surface area contributed by atoms with Crippen LogP contribution in [0.15, 0.2) is 34.7 Å². The van der Waals surface area contributed by atoms with Gasteiger partial charge in [0.25, 0.3) is 0 Å². The zero-order valence-electron chi connectivity index (χ0n) is 11.8. The second-order valence-electron chi connectivity index (χ2n) is 6.41. The van der Waals surface area contributed by atoms with E-state index < -0.39 is 6.10 Å². The highest BCUT2D eigenvalue weighted by Gasteiger charge is 2.41. The minimum atomic E-state index is -0.459. The average Bonchev–Trinajstić information content (AvgIpc) is 2.95. The number of benzene rings is 1. The molecule has 106 valence electrons. The predicted molar refractivity (Wildman–Crippen MR) is 78.5 cm³/mol. The van der Waals surface area contributed by atoms with Gasteiger partial charge in [0, 0.05) is 17.5 Å². The standard InChI is InChI=1S/C17H21NO2/c1-18-13-6-7-14(18)9-12(8-13)17(19)16-10-11-4-2-3-5-15(11)20-16/h2-5,10,12-14,17,19H,6-9H2,1H3. The van der Waals surface area contributed by atoms with Crippen molar-refractivity contribution in [1.29, 1.82) is 0 Å². The fourth-order valence-electron chi connectivity index (χ4n) is 4.09. The van der Waals surface area contributed by atoms with Gasteiger partial charge in [-0.25, -0.2) is 0 Å². The average molecular weight is 271 g/mol. The zero-order chi connectivity index (χ0) is 13.7. The molecular formula is C17H21NO2. The lowest BCUT2D eigenvalue weighted by atomic mass is 9.85. The Balaban J connectivity index is 1.59. The Hall–Kier alpha value is -1.32. The molecule has 1 aromatic heterocycles. The summed E-state index contributed by atoms with van der Waals surface area (Å²) < 4.78 is 5.84. The van der Waals surface area contributed by atoms with Crippen LogP contribution in [0.5, 0.6) is 0 Å². The number of aliphatic hydroxyl groups is 1. The van der Waals surface area contributed by atoms with E-state index in [2.05, 4.69) is 11.9 Å². The molecule has 0 radical (unpaired) electrons. The highest BCUT2D eigenvalue weighted by atomic mass is 16.4. The zero-order valence-corrected chi connectivity index (χ0v) is 11.8. The molecule has 20 heavy (non-hydrogen) atoms. The largest absolute Gasteiger partial charge is 0.458 e. The second-order valence-corrected chi connectivity index (χ2v) is 6.41. The third kappa shape index (κ3) is 1.88. The maximum atomic E-state index is 10.7. The molecule has 0 amide bonds. The third-order valence-corrected chi connectivity index (χ3v) is 5.32. The quantitative estimate of drug-likeness (QED) is 0.910. The molecule has 3 heteroatoms. The summed E-state index contributed by atoms with van der Waals surface area (Å²) in [5.74, 6) is 1.07. The monoisotopic (exact) mass is 271 g/mol. The Bertz CT molecular complexity index is 573. The van der Waals surface area contributed by atoms with Gasteiger partial charge in [0.15, 0.2) is 0 Å². The first-order chi connectivity index (χ1) is 9.72.